The number of hydrogen-bond donors (Lipinski definition) is 2. The zero-order valence-electron chi connectivity index (χ0n) is 10.2. The van der Waals surface area contributed by atoms with Crippen molar-refractivity contribution in [2.24, 2.45) is 5.92 Å². The first-order valence-corrected chi connectivity index (χ1v) is 5.93. The number of rotatable bonds is 5. The molecule has 1 heterocycles. The molecule has 0 fully saturated rings. The highest BCUT2D eigenvalue weighted by Gasteiger charge is 2.09. The van der Waals surface area contributed by atoms with E-state index in [4.69, 9.17) is 10.4 Å². The van der Waals surface area contributed by atoms with Crippen LogP contribution in [0.4, 0.5) is 11.4 Å². The predicted molar refractivity (Wildman–Crippen MR) is 68.8 cm³/mol. The van der Waals surface area contributed by atoms with E-state index in [9.17, 15) is 0 Å². The van der Waals surface area contributed by atoms with Gasteiger partial charge in [0.15, 0.2) is 11.0 Å². The monoisotopic (exact) mass is 234 g/mol. The smallest absolute Gasteiger partial charge is 0.160 e. The molecule has 5 heteroatoms. The van der Waals surface area contributed by atoms with Gasteiger partial charge < -0.3 is 11.1 Å². The molecule has 0 aliphatic heterocycles. The second-order valence-corrected chi connectivity index (χ2v) is 4.63. The lowest BCUT2D eigenvalue weighted by Gasteiger charge is -2.08. The molecule has 0 bridgehead atoms. The second kappa shape index (κ2) is 5.03. The van der Waals surface area contributed by atoms with Gasteiger partial charge in [-0.05, 0) is 41.2 Å². The summed E-state index contributed by atoms with van der Waals surface area (Å²) in [6, 6.07) is 3.73. The van der Waals surface area contributed by atoms with Crippen molar-refractivity contribution in [2.45, 2.75) is 26.7 Å². The molecule has 1 aromatic carbocycles. The molecule has 0 aliphatic carbocycles. The summed E-state index contributed by atoms with van der Waals surface area (Å²) in [5.41, 5.74) is 8.62. The van der Waals surface area contributed by atoms with E-state index >= 15 is 0 Å². The zero-order valence-corrected chi connectivity index (χ0v) is 10.2. The molecule has 5 nitrogen and oxygen atoms in total. The first-order valence-electron chi connectivity index (χ1n) is 5.93. The highest BCUT2D eigenvalue weighted by atomic mass is 16.6. The minimum Gasteiger partial charge on any atom is -0.397 e. The zero-order chi connectivity index (χ0) is 12.3. The highest BCUT2D eigenvalue weighted by Crippen LogP contribution is 2.25. The summed E-state index contributed by atoms with van der Waals surface area (Å²) >= 11 is 0. The van der Waals surface area contributed by atoms with Gasteiger partial charge in [-0.25, -0.2) is 4.63 Å². The maximum Gasteiger partial charge on any atom is 0.160 e. The van der Waals surface area contributed by atoms with Crippen LogP contribution in [-0.2, 0) is 0 Å². The van der Waals surface area contributed by atoms with Gasteiger partial charge in [-0.2, -0.15) is 0 Å². The Kier molecular flexibility index (Phi) is 3.46. The van der Waals surface area contributed by atoms with Crippen molar-refractivity contribution in [1.82, 2.24) is 10.3 Å². The van der Waals surface area contributed by atoms with Crippen LogP contribution in [0, 0.1) is 5.92 Å². The van der Waals surface area contributed by atoms with Crippen molar-refractivity contribution >= 4 is 22.4 Å². The normalized spacial score (nSPS) is 11.2. The summed E-state index contributed by atoms with van der Waals surface area (Å²) in [5.74, 6) is 0.733. The third kappa shape index (κ3) is 2.67. The van der Waals surface area contributed by atoms with Crippen LogP contribution in [-0.4, -0.2) is 16.9 Å². The standard InChI is InChI=1S/C12H18N4O/c1-8(2)4-3-7-14-10-6-5-9(13)11-12(10)16-17-15-11/h5-6,8,14H,3-4,7,13H2,1-2H3. The SMILES string of the molecule is CC(C)CCCNc1ccc(N)c2nonc12. The fourth-order valence-corrected chi connectivity index (χ4v) is 1.76. The number of fused-ring (bicyclic) bond motifs is 1. The van der Waals surface area contributed by atoms with Crippen molar-refractivity contribution in [2.75, 3.05) is 17.6 Å². The van der Waals surface area contributed by atoms with Crippen molar-refractivity contribution in [3.05, 3.63) is 12.1 Å². The molecule has 3 N–H and O–H groups in total. The Hall–Kier alpha value is -1.78. The topological polar surface area (TPSA) is 77.0 Å². The number of nitrogens with zero attached hydrogens (tertiary/aromatic N) is 2. The Bertz CT molecular complexity index is 492. The number of anilines is 2. The van der Waals surface area contributed by atoms with Crippen LogP contribution < -0.4 is 11.1 Å². The number of nitrogens with one attached hydrogen (secondary N) is 1. The quantitative estimate of drug-likeness (QED) is 0.614. The number of benzene rings is 1. The van der Waals surface area contributed by atoms with Crippen LogP contribution >= 0.6 is 0 Å². The fourth-order valence-electron chi connectivity index (χ4n) is 1.76. The average molecular weight is 234 g/mol. The average Bonchev–Trinajstić information content (AvgIpc) is 2.76. The third-order valence-corrected chi connectivity index (χ3v) is 2.72. The number of nitrogens with two attached hydrogens (primary N) is 1. The Morgan fingerprint density at radius 2 is 2.06 bits per heavy atom. The van der Waals surface area contributed by atoms with Crippen molar-refractivity contribution in [1.29, 1.82) is 0 Å². The molecule has 17 heavy (non-hydrogen) atoms. The van der Waals surface area contributed by atoms with Crippen molar-refractivity contribution in [3.63, 3.8) is 0 Å². The van der Waals surface area contributed by atoms with E-state index in [2.05, 4.69) is 29.5 Å². The van der Waals surface area contributed by atoms with Gasteiger partial charge in [0.25, 0.3) is 0 Å². The molecule has 0 radical (unpaired) electrons. The predicted octanol–water partition coefficient (Wildman–Crippen LogP) is 2.65. The summed E-state index contributed by atoms with van der Waals surface area (Å²) in [6.45, 7) is 5.37. The lowest BCUT2D eigenvalue weighted by Crippen LogP contribution is -2.04. The molecule has 0 saturated heterocycles. The molecular weight excluding hydrogens is 216 g/mol. The van der Waals surface area contributed by atoms with Gasteiger partial charge in [-0.1, -0.05) is 13.8 Å². The van der Waals surface area contributed by atoms with Crippen LogP contribution in [0.5, 0.6) is 0 Å². The highest BCUT2D eigenvalue weighted by molar-refractivity contribution is 5.94. The first kappa shape index (κ1) is 11.7. The van der Waals surface area contributed by atoms with Crippen LogP contribution in [0.15, 0.2) is 16.8 Å². The number of nitrogen functional groups attached to an aromatic ring is 1. The summed E-state index contributed by atoms with van der Waals surface area (Å²) in [5, 5.41) is 11.0. The summed E-state index contributed by atoms with van der Waals surface area (Å²) < 4.78 is 4.71. The van der Waals surface area contributed by atoms with Gasteiger partial charge >= 0.3 is 0 Å². The van der Waals surface area contributed by atoms with Gasteiger partial charge in [-0.3, -0.25) is 0 Å². The molecular formula is C12H18N4O. The molecule has 0 unspecified atom stereocenters. The molecule has 0 atom stereocenters. The number of aromatic nitrogens is 2. The van der Waals surface area contributed by atoms with E-state index in [-0.39, 0.29) is 0 Å². The molecule has 0 aliphatic rings. The maximum atomic E-state index is 5.77. The Morgan fingerprint density at radius 3 is 2.82 bits per heavy atom. The molecule has 0 amide bonds. The van der Waals surface area contributed by atoms with Crippen molar-refractivity contribution in [3.8, 4) is 0 Å². The molecule has 1 aromatic heterocycles. The van der Waals surface area contributed by atoms with Gasteiger partial charge in [-0.15, -0.1) is 0 Å². The summed E-state index contributed by atoms with van der Waals surface area (Å²) in [6.07, 6.45) is 2.34. The second-order valence-electron chi connectivity index (χ2n) is 4.63. The van der Waals surface area contributed by atoms with E-state index in [1.807, 2.05) is 12.1 Å². The lowest BCUT2D eigenvalue weighted by atomic mass is 10.1. The molecule has 92 valence electrons. The van der Waals surface area contributed by atoms with Crippen LogP contribution in [0.3, 0.4) is 0 Å². The lowest BCUT2D eigenvalue weighted by molar-refractivity contribution is 0.315. The van der Waals surface area contributed by atoms with Crippen molar-refractivity contribution < 1.29 is 4.63 Å². The van der Waals surface area contributed by atoms with Crippen LogP contribution in [0.25, 0.3) is 11.0 Å². The Balaban J connectivity index is 2.04. The molecule has 2 aromatic rings. The summed E-state index contributed by atoms with van der Waals surface area (Å²) in [4.78, 5) is 0. The minimum absolute atomic E-state index is 0.592. The van der Waals surface area contributed by atoms with Gasteiger partial charge in [0.2, 0.25) is 0 Å². The molecule has 0 saturated carbocycles. The maximum absolute atomic E-state index is 5.77. The largest absolute Gasteiger partial charge is 0.397 e. The third-order valence-electron chi connectivity index (χ3n) is 2.72. The van der Waals surface area contributed by atoms with Gasteiger partial charge in [0.05, 0.1) is 11.4 Å². The fraction of sp³-hybridized carbons (Fsp3) is 0.500. The van der Waals surface area contributed by atoms with E-state index in [1.165, 1.54) is 6.42 Å². The van der Waals surface area contributed by atoms with E-state index < -0.39 is 0 Å². The van der Waals surface area contributed by atoms with Crippen LogP contribution in [0.1, 0.15) is 26.7 Å². The van der Waals surface area contributed by atoms with E-state index in [0.717, 1.165) is 24.6 Å². The summed E-state index contributed by atoms with van der Waals surface area (Å²) in [7, 11) is 0. The first-order chi connectivity index (χ1) is 8.18. The van der Waals surface area contributed by atoms with Crippen LogP contribution in [0.2, 0.25) is 0 Å². The molecule has 2 rings (SSSR count). The minimum atomic E-state index is 0.592. The van der Waals surface area contributed by atoms with E-state index in [1.54, 1.807) is 0 Å². The van der Waals surface area contributed by atoms with Gasteiger partial charge in [0, 0.05) is 6.54 Å². The number of hydrogen-bond acceptors (Lipinski definition) is 5. The van der Waals surface area contributed by atoms with E-state index in [0.29, 0.717) is 16.7 Å². The Morgan fingerprint density at radius 1 is 1.29 bits per heavy atom. The Labute approximate surface area is 100 Å². The molecule has 0 spiro atoms. The van der Waals surface area contributed by atoms with Gasteiger partial charge in [0.1, 0.15) is 0 Å².